The van der Waals surface area contributed by atoms with E-state index in [4.69, 9.17) is 0 Å². The molecule has 116 valence electrons. The summed E-state index contributed by atoms with van der Waals surface area (Å²) in [6.45, 7) is 3.19. The quantitative estimate of drug-likeness (QED) is 0.929. The van der Waals surface area contributed by atoms with Crippen LogP contribution in [0.1, 0.15) is 31.2 Å². The number of nitrogens with zero attached hydrogens (tertiary/aromatic N) is 1. The second-order valence-corrected chi connectivity index (χ2v) is 7.80. The highest BCUT2D eigenvalue weighted by atomic mass is 32.2. The molecule has 2 saturated heterocycles. The van der Waals surface area contributed by atoms with Gasteiger partial charge in [-0.2, -0.15) is 4.31 Å². The van der Waals surface area contributed by atoms with Gasteiger partial charge in [0.2, 0.25) is 10.0 Å². The number of benzene rings is 1. The van der Waals surface area contributed by atoms with E-state index in [0.717, 1.165) is 38.3 Å². The van der Waals surface area contributed by atoms with Gasteiger partial charge >= 0.3 is 0 Å². The third-order valence-electron chi connectivity index (χ3n) is 4.55. The van der Waals surface area contributed by atoms with Crippen LogP contribution in [-0.4, -0.2) is 37.9 Å². The second-order valence-electron chi connectivity index (χ2n) is 5.94. The number of halogens is 1. The second kappa shape index (κ2) is 5.66. The fourth-order valence-electron chi connectivity index (χ4n) is 3.48. The van der Waals surface area contributed by atoms with Crippen molar-refractivity contribution in [2.24, 2.45) is 0 Å². The topological polar surface area (TPSA) is 49.4 Å². The molecule has 0 saturated carbocycles. The Labute approximate surface area is 125 Å². The van der Waals surface area contributed by atoms with Gasteiger partial charge in [0, 0.05) is 18.6 Å². The molecule has 3 rings (SSSR count). The number of hydrogen-bond acceptors (Lipinski definition) is 3. The van der Waals surface area contributed by atoms with E-state index in [-0.39, 0.29) is 17.0 Å². The normalized spacial score (nSPS) is 27.3. The fourth-order valence-corrected chi connectivity index (χ4v) is 5.45. The van der Waals surface area contributed by atoms with Crippen LogP contribution in [0.2, 0.25) is 0 Å². The summed E-state index contributed by atoms with van der Waals surface area (Å²) in [6.07, 6.45) is 3.86. The lowest BCUT2D eigenvalue weighted by Crippen LogP contribution is -2.46. The molecule has 2 heterocycles. The van der Waals surface area contributed by atoms with Crippen LogP contribution in [0.4, 0.5) is 4.39 Å². The van der Waals surface area contributed by atoms with Crippen molar-refractivity contribution in [1.29, 1.82) is 0 Å². The summed E-state index contributed by atoms with van der Waals surface area (Å²) in [4.78, 5) is 0.104. The van der Waals surface area contributed by atoms with Gasteiger partial charge in [-0.05, 0) is 56.8 Å². The van der Waals surface area contributed by atoms with Crippen LogP contribution in [0, 0.1) is 12.7 Å². The molecule has 2 aliphatic rings. The zero-order valence-electron chi connectivity index (χ0n) is 12.2. The predicted molar refractivity (Wildman–Crippen MR) is 79.1 cm³/mol. The molecule has 1 aromatic rings. The summed E-state index contributed by atoms with van der Waals surface area (Å²) in [5, 5.41) is 3.40. The minimum Gasteiger partial charge on any atom is -0.312 e. The Morgan fingerprint density at radius 3 is 2.81 bits per heavy atom. The van der Waals surface area contributed by atoms with Crippen molar-refractivity contribution in [3.8, 4) is 0 Å². The van der Waals surface area contributed by atoms with Crippen molar-refractivity contribution in [3.63, 3.8) is 0 Å². The maximum Gasteiger partial charge on any atom is 0.243 e. The summed E-state index contributed by atoms with van der Waals surface area (Å²) >= 11 is 0. The zero-order valence-corrected chi connectivity index (χ0v) is 13.0. The average Bonchev–Trinajstić information content (AvgIpc) is 3.10. The molecule has 0 spiro atoms. The standard InChI is InChI=1S/C15H21FN2O2S/c1-11-6-7-12(16)10-15(11)21(19,20)18-9-3-5-14(18)13-4-2-8-17-13/h6-7,10,13-14,17H,2-5,8-9H2,1H3. The first-order chi connectivity index (χ1) is 10.00. The smallest absolute Gasteiger partial charge is 0.243 e. The van der Waals surface area contributed by atoms with Gasteiger partial charge < -0.3 is 5.32 Å². The molecule has 0 bridgehead atoms. The van der Waals surface area contributed by atoms with Gasteiger partial charge in [0.1, 0.15) is 5.82 Å². The molecule has 2 fully saturated rings. The molecule has 21 heavy (non-hydrogen) atoms. The van der Waals surface area contributed by atoms with Gasteiger partial charge in [0.15, 0.2) is 0 Å². The van der Waals surface area contributed by atoms with Crippen molar-refractivity contribution in [2.75, 3.05) is 13.1 Å². The van der Waals surface area contributed by atoms with E-state index in [9.17, 15) is 12.8 Å². The maximum atomic E-state index is 13.5. The number of nitrogens with one attached hydrogen (secondary N) is 1. The molecule has 4 nitrogen and oxygen atoms in total. The summed E-state index contributed by atoms with van der Waals surface area (Å²) in [5.41, 5.74) is 0.599. The van der Waals surface area contributed by atoms with E-state index in [1.54, 1.807) is 11.2 Å². The summed E-state index contributed by atoms with van der Waals surface area (Å²) in [6, 6.07) is 4.20. The van der Waals surface area contributed by atoms with Crippen molar-refractivity contribution in [3.05, 3.63) is 29.6 Å². The van der Waals surface area contributed by atoms with Gasteiger partial charge in [-0.1, -0.05) is 6.07 Å². The number of rotatable bonds is 3. The highest BCUT2D eigenvalue weighted by Crippen LogP contribution is 2.31. The summed E-state index contributed by atoms with van der Waals surface area (Å²) < 4.78 is 40.9. The molecule has 0 radical (unpaired) electrons. The predicted octanol–water partition coefficient (Wildman–Crippen LogP) is 2.04. The minimum atomic E-state index is -3.63. The highest BCUT2D eigenvalue weighted by Gasteiger charge is 2.40. The average molecular weight is 312 g/mol. The van der Waals surface area contributed by atoms with E-state index in [1.165, 1.54) is 12.1 Å². The van der Waals surface area contributed by atoms with Crippen molar-refractivity contribution < 1.29 is 12.8 Å². The van der Waals surface area contributed by atoms with Gasteiger partial charge in [-0.3, -0.25) is 0 Å². The first-order valence-electron chi connectivity index (χ1n) is 7.51. The molecule has 0 aromatic heterocycles. The third kappa shape index (κ3) is 2.72. The molecule has 2 unspecified atom stereocenters. The van der Waals surface area contributed by atoms with Gasteiger partial charge in [-0.15, -0.1) is 0 Å². The Hall–Kier alpha value is -0.980. The Bertz CT molecular complexity index is 627. The fraction of sp³-hybridized carbons (Fsp3) is 0.600. The van der Waals surface area contributed by atoms with E-state index in [0.29, 0.717) is 12.1 Å². The van der Waals surface area contributed by atoms with Crippen molar-refractivity contribution in [1.82, 2.24) is 9.62 Å². The first kappa shape index (κ1) is 14.9. The third-order valence-corrected chi connectivity index (χ3v) is 6.61. The number of hydrogen-bond donors (Lipinski definition) is 1. The van der Waals surface area contributed by atoms with Crippen LogP contribution in [0.15, 0.2) is 23.1 Å². The molecule has 0 aliphatic carbocycles. The Kier molecular flexibility index (Phi) is 4.03. The van der Waals surface area contributed by atoms with E-state index in [1.807, 2.05) is 0 Å². The molecule has 0 amide bonds. The van der Waals surface area contributed by atoms with Crippen LogP contribution >= 0.6 is 0 Å². The Morgan fingerprint density at radius 2 is 2.10 bits per heavy atom. The lowest BCUT2D eigenvalue weighted by atomic mass is 10.1. The van der Waals surface area contributed by atoms with Crippen LogP contribution in [0.25, 0.3) is 0 Å². The Balaban J connectivity index is 1.95. The largest absolute Gasteiger partial charge is 0.312 e. The highest BCUT2D eigenvalue weighted by molar-refractivity contribution is 7.89. The van der Waals surface area contributed by atoms with Crippen molar-refractivity contribution >= 4 is 10.0 Å². The first-order valence-corrected chi connectivity index (χ1v) is 8.95. The lowest BCUT2D eigenvalue weighted by molar-refractivity contribution is 0.321. The molecule has 1 aromatic carbocycles. The van der Waals surface area contributed by atoms with Crippen LogP contribution in [0.5, 0.6) is 0 Å². The van der Waals surface area contributed by atoms with Gasteiger partial charge in [0.25, 0.3) is 0 Å². The maximum absolute atomic E-state index is 13.5. The molecular weight excluding hydrogens is 291 g/mol. The number of sulfonamides is 1. The van der Waals surface area contributed by atoms with Gasteiger partial charge in [-0.25, -0.2) is 12.8 Å². The van der Waals surface area contributed by atoms with E-state index < -0.39 is 15.8 Å². The van der Waals surface area contributed by atoms with E-state index >= 15 is 0 Å². The molecular formula is C15H21FN2O2S. The Morgan fingerprint density at radius 1 is 1.29 bits per heavy atom. The lowest BCUT2D eigenvalue weighted by Gasteiger charge is -2.29. The summed E-state index contributed by atoms with van der Waals surface area (Å²) in [7, 11) is -3.63. The van der Waals surface area contributed by atoms with Crippen molar-refractivity contribution in [2.45, 2.75) is 49.6 Å². The summed E-state index contributed by atoms with van der Waals surface area (Å²) in [5.74, 6) is -0.506. The number of aryl methyl sites for hydroxylation is 1. The molecule has 1 N–H and O–H groups in total. The van der Waals surface area contributed by atoms with Crippen LogP contribution < -0.4 is 5.32 Å². The monoisotopic (exact) mass is 312 g/mol. The van der Waals surface area contributed by atoms with Gasteiger partial charge in [0.05, 0.1) is 4.90 Å². The SMILES string of the molecule is Cc1ccc(F)cc1S(=O)(=O)N1CCCC1C1CCCN1. The van der Waals surface area contributed by atoms with E-state index in [2.05, 4.69) is 5.32 Å². The molecule has 2 atom stereocenters. The van der Waals surface area contributed by atoms with Crippen LogP contribution in [0.3, 0.4) is 0 Å². The zero-order chi connectivity index (χ0) is 15.0. The minimum absolute atomic E-state index is 0.000155. The molecule has 2 aliphatic heterocycles. The molecule has 6 heteroatoms. The van der Waals surface area contributed by atoms with Crippen LogP contribution in [-0.2, 0) is 10.0 Å².